The van der Waals surface area contributed by atoms with Crippen LogP contribution in [0.3, 0.4) is 0 Å². The van der Waals surface area contributed by atoms with Crippen LogP contribution in [-0.4, -0.2) is 20.6 Å². The molecule has 0 atom stereocenters. The van der Waals surface area contributed by atoms with Crippen molar-refractivity contribution in [3.05, 3.63) is 78.8 Å². The third-order valence-corrected chi connectivity index (χ3v) is 4.03. The standard InChI is InChI=1S/C20H16N4O2/c21-19-10-15(22-16-7-3-4-8-18(16)25)9-17(23-19)20(26)24-11-13-5-1-2-6-14(13)12-24/h1-12,25H,(H3,21,22,23). The molecule has 4 rings (SSSR count). The lowest BCUT2D eigenvalue weighted by Crippen LogP contribution is -2.13. The van der Waals surface area contributed by atoms with Gasteiger partial charge in [-0.1, -0.05) is 36.4 Å². The Hall–Kier alpha value is -3.80. The highest BCUT2D eigenvalue weighted by molar-refractivity contribution is 5.98. The van der Waals surface area contributed by atoms with Gasteiger partial charge in [-0.25, -0.2) is 4.98 Å². The second kappa shape index (κ2) is 6.25. The Morgan fingerprint density at radius 1 is 1.00 bits per heavy atom. The van der Waals surface area contributed by atoms with Crippen LogP contribution in [0.15, 0.2) is 73.1 Å². The van der Waals surface area contributed by atoms with E-state index in [-0.39, 0.29) is 23.2 Å². The Labute approximate surface area is 149 Å². The lowest BCUT2D eigenvalue weighted by Gasteiger charge is -2.10. The van der Waals surface area contributed by atoms with Gasteiger partial charge in [0.15, 0.2) is 0 Å². The number of pyridine rings is 1. The van der Waals surface area contributed by atoms with Gasteiger partial charge >= 0.3 is 0 Å². The number of phenolic OH excluding ortho intramolecular Hbond substituents is 1. The van der Waals surface area contributed by atoms with Crippen LogP contribution in [0.25, 0.3) is 10.8 Å². The number of para-hydroxylation sites is 2. The van der Waals surface area contributed by atoms with Crippen molar-refractivity contribution in [1.29, 1.82) is 0 Å². The maximum absolute atomic E-state index is 12.8. The van der Waals surface area contributed by atoms with Gasteiger partial charge in [0.25, 0.3) is 5.91 Å². The van der Waals surface area contributed by atoms with Crippen LogP contribution in [0.2, 0.25) is 0 Å². The van der Waals surface area contributed by atoms with E-state index in [1.807, 2.05) is 24.3 Å². The number of nitrogens with two attached hydrogens (primary N) is 1. The predicted molar refractivity (Wildman–Crippen MR) is 102 cm³/mol. The summed E-state index contributed by atoms with van der Waals surface area (Å²) < 4.78 is 1.50. The smallest absolute Gasteiger partial charge is 0.280 e. The molecule has 0 aliphatic carbocycles. The molecule has 26 heavy (non-hydrogen) atoms. The fourth-order valence-electron chi connectivity index (χ4n) is 2.80. The second-order valence-electron chi connectivity index (χ2n) is 5.91. The molecule has 0 amide bonds. The van der Waals surface area contributed by atoms with Crippen molar-refractivity contribution >= 4 is 33.9 Å². The minimum Gasteiger partial charge on any atom is -0.506 e. The largest absolute Gasteiger partial charge is 0.506 e. The molecule has 128 valence electrons. The summed E-state index contributed by atoms with van der Waals surface area (Å²) in [6, 6.07) is 17.8. The van der Waals surface area contributed by atoms with Crippen LogP contribution >= 0.6 is 0 Å². The van der Waals surface area contributed by atoms with Gasteiger partial charge in [0.05, 0.1) is 5.69 Å². The highest BCUT2D eigenvalue weighted by Crippen LogP contribution is 2.27. The van der Waals surface area contributed by atoms with Gasteiger partial charge < -0.3 is 16.2 Å². The molecule has 6 heteroatoms. The Balaban J connectivity index is 1.69. The number of nitrogen functional groups attached to an aromatic ring is 1. The SMILES string of the molecule is Nc1cc(Nc2ccccc2O)cc(C(=O)n2cc3ccccc3c2)n1. The number of anilines is 3. The number of rotatable bonds is 3. The molecule has 0 saturated heterocycles. The molecule has 0 aliphatic heterocycles. The zero-order valence-corrected chi connectivity index (χ0v) is 13.8. The second-order valence-corrected chi connectivity index (χ2v) is 5.91. The molecule has 0 spiro atoms. The van der Waals surface area contributed by atoms with Gasteiger partial charge in [-0.2, -0.15) is 0 Å². The number of phenols is 1. The number of benzene rings is 2. The first kappa shape index (κ1) is 15.7. The predicted octanol–water partition coefficient (Wildman–Crippen LogP) is 3.76. The first-order valence-electron chi connectivity index (χ1n) is 8.04. The molecule has 4 aromatic rings. The number of fused-ring (bicyclic) bond motifs is 1. The topological polar surface area (TPSA) is 93.2 Å². The third-order valence-electron chi connectivity index (χ3n) is 4.03. The van der Waals surface area contributed by atoms with E-state index in [0.717, 1.165) is 10.8 Å². The third kappa shape index (κ3) is 2.95. The quantitative estimate of drug-likeness (QED) is 0.492. The molecule has 2 aromatic heterocycles. The van der Waals surface area contributed by atoms with Crippen molar-refractivity contribution in [3.63, 3.8) is 0 Å². The van der Waals surface area contributed by atoms with Crippen LogP contribution in [-0.2, 0) is 0 Å². The van der Waals surface area contributed by atoms with Crippen LogP contribution in [0.4, 0.5) is 17.2 Å². The Morgan fingerprint density at radius 3 is 2.35 bits per heavy atom. The molecule has 0 radical (unpaired) electrons. The molecule has 0 saturated carbocycles. The highest BCUT2D eigenvalue weighted by Gasteiger charge is 2.13. The Kier molecular flexibility index (Phi) is 3.78. The number of carbonyl (C=O) groups is 1. The molecule has 0 unspecified atom stereocenters. The van der Waals surface area contributed by atoms with Gasteiger partial charge in [-0.3, -0.25) is 9.36 Å². The first-order valence-corrected chi connectivity index (χ1v) is 8.04. The number of aromatic nitrogens is 2. The average Bonchev–Trinajstić information content (AvgIpc) is 3.07. The molecule has 0 aliphatic rings. The van der Waals surface area contributed by atoms with Crippen LogP contribution in [0.1, 0.15) is 10.5 Å². The van der Waals surface area contributed by atoms with E-state index in [0.29, 0.717) is 11.4 Å². The van der Waals surface area contributed by atoms with Crippen molar-refractivity contribution in [3.8, 4) is 5.75 Å². The Morgan fingerprint density at radius 2 is 1.65 bits per heavy atom. The lowest BCUT2D eigenvalue weighted by atomic mass is 10.2. The molecule has 0 fully saturated rings. The van der Waals surface area contributed by atoms with Crippen molar-refractivity contribution in [1.82, 2.24) is 9.55 Å². The lowest BCUT2D eigenvalue weighted by molar-refractivity contribution is 0.0956. The van der Waals surface area contributed by atoms with Gasteiger partial charge in [-0.15, -0.1) is 0 Å². The van der Waals surface area contributed by atoms with Gasteiger partial charge in [0.1, 0.15) is 17.3 Å². The van der Waals surface area contributed by atoms with E-state index in [1.54, 1.807) is 48.8 Å². The molecule has 4 N–H and O–H groups in total. The van der Waals surface area contributed by atoms with Crippen LogP contribution < -0.4 is 11.1 Å². The van der Waals surface area contributed by atoms with Crippen molar-refractivity contribution in [2.75, 3.05) is 11.1 Å². The van der Waals surface area contributed by atoms with Crippen molar-refractivity contribution in [2.24, 2.45) is 0 Å². The van der Waals surface area contributed by atoms with E-state index in [4.69, 9.17) is 5.73 Å². The monoisotopic (exact) mass is 344 g/mol. The van der Waals surface area contributed by atoms with Crippen molar-refractivity contribution in [2.45, 2.75) is 0 Å². The summed E-state index contributed by atoms with van der Waals surface area (Å²) in [7, 11) is 0. The summed E-state index contributed by atoms with van der Waals surface area (Å²) in [5.74, 6) is 0.0340. The molecular formula is C20H16N4O2. The molecule has 2 heterocycles. The minimum atomic E-state index is -0.283. The maximum Gasteiger partial charge on any atom is 0.280 e. The molecule has 2 aromatic carbocycles. The van der Waals surface area contributed by atoms with Gasteiger partial charge in [-0.05, 0) is 29.0 Å². The van der Waals surface area contributed by atoms with Gasteiger partial charge in [0.2, 0.25) is 0 Å². The van der Waals surface area contributed by atoms with E-state index in [2.05, 4.69) is 10.3 Å². The zero-order valence-electron chi connectivity index (χ0n) is 13.8. The average molecular weight is 344 g/mol. The number of carbonyl (C=O) groups excluding carboxylic acids is 1. The molecule has 6 nitrogen and oxygen atoms in total. The summed E-state index contributed by atoms with van der Waals surface area (Å²) in [6.07, 6.45) is 3.53. The number of nitrogens with one attached hydrogen (secondary N) is 1. The summed E-state index contributed by atoms with van der Waals surface area (Å²) in [5.41, 5.74) is 7.16. The van der Waals surface area contributed by atoms with E-state index in [1.165, 1.54) is 4.57 Å². The molecule has 0 bridgehead atoms. The molecular weight excluding hydrogens is 328 g/mol. The fraction of sp³-hybridized carbons (Fsp3) is 0. The first-order chi connectivity index (χ1) is 12.6. The summed E-state index contributed by atoms with van der Waals surface area (Å²) in [4.78, 5) is 17.0. The fourth-order valence-corrected chi connectivity index (χ4v) is 2.80. The van der Waals surface area contributed by atoms with E-state index < -0.39 is 0 Å². The number of aromatic hydroxyl groups is 1. The minimum absolute atomic E-state index is 0.104. The summed E-state index contributed by atoms with van der Waals surface area (Å²) in [6.45, 7) is 0. The van der Waals surface area contributed by atoms with E-state index >= 15 is 0 Å². The summed E-state index contributed by atoms with van der Waals surface area (Å²) in [5, 5.41) is 14.9. The normalized spacial score (nSPS) is 10.8. The van der Waals surface area contributed by atoms with Gasteiger partial charge in [0, 0.05) is 24.1 Å². The number of nitrogens with zero attached hydrogens (tertiary/aromatic N) is 2. The summed E-state index contributed by atoms with van der Waals surface area (Å²) >= 11 is 0. The van der Waals surface area contributed by atoms with Crippen LogP contribution in [0.5, 0.6) is 5.75 Å². The number of hydrogen-bond donors (Lipinski definition) is 3. The van der Waals surface area contributed by atoms with Crippen LogP contribution in [0, 0.1) is 0 Å². The number of hydrogen-bond acceptors (Lipinski definition) is 5. The van der Waals surface area contributed by atoms with E-state index in [9.17, 15) is 9.90 Å². The zero-order chi connectivity index (χ0) is 18.1. The Bertz CT molecular complexity index is 1080. The maximum atomic E-state index is 12.8. The highest BCUT2D eigenvalue weighted by atomic mass is 16.3. The van der Waals surface area contributed by atoms with Crippen molar-refractivity contribution < 1.29 is 9.90 Å².